The number of para-hydroxylation sites is 1. The number of hydrogen-bond acceptors (Lipinski definition) is 6. The lowest BCUT2D eigenvalue weighted by Gasteiger charge is -2.11. The molecular weight excluding hydrogens is 380 g/mol. The minimum atomic E-state index is -0.670. The van der Waals surface area contributed by atoms with Crippen molar-refractivity contribution in [1.82, 2.24) is 15.0 Å². The number of benzene rings is 2. The minimum Gasteiger partial charge on any atom is -0.507 e. The molecule has 142 valence electrons. The van der Waals surface area contributed by atoms with E-state index in [0.29, 0.717) is 5.69 Å². The lowest BCUT2D eigenvalue weighted by Crippen LogP contribution is -2.21. The molecule has 0 aliphatic rings. The van der Waals surface area contributed by atoms with Gasteiger partial charge < -0.3 is 10.2 Å². The van der Waals surface area contributed by atoms with Gasteiger partial charge in [0.05, 0.1) is 17.5 Å². The number of aryl methyl sites for hydroxylation is 1. The Balaban J connectivity index is 1.93. The molecule has 0 aliphatic heterocycles. The van der Waals surface area contributed by atoms with E-state index in [2.05, 4.69) is 15.5 Å². The molecule has 1 aromatic heterocycles. The molecule has 4 N–H and O–H groups in total. The zero-order valence-electron chi connectivity index (χ0n) is 14.7. The van der Waals surface area contributed by atoms with E-state index in [1.165, 1.54) is 16.7 Å². The largest absolute Gasteiger partial charge is 0.507 e. The Labute approximate surface area is 164 Å². The summed E-state index contributed by atoms with van der Waals surface area (Å²) in [6.07, 6.45) is 1.01. The van der Waals surface area contributed by atoms with Gasteiger partial charge in [-0.25, -0.2) is 5.43 Å². The van der Waals surface area contributed by atoms with Crippen molar-refractivity contribution in [2.45, 2.75) is 6.92 Å². The Bertz CT molecular complexity index is 1180. The van der Waals surface area contributed by atoms with Crippen LogP contribution < -0.4 is 11.0 Å². The van der Waals surface area contributed by atoms with Crippen LogP contribution >= 0.6 is 12.2 Å². The number of aromatic hydroxyl groups is 2. The number of hydrogen-bond donors (Lipinski definition) is 4. The maximum atomic E-state index is 12.2. The summed E-state index contributed by atoms with van der Waals surface area (Å²) in [7, 11) is 0. The van der Waals surface area contributed by atoms with E-state index >= 15 is 0 Å². The van der Waals surface area contributed by atoms with E-state index in [1.807, 2.05) is 19.1 Å². The van der Waals surface area contributed by atoms with Gasteiger partial charge >= 0.3 is 0 Å². The van der Waals surface area contributed by atoms with Crippen LogP contribution in [-0.2, 0) is 0 Å². The van der Waals surface area contributed by atoms with Gasteiger partial charge in [0.1, 0.15) is 11.3 Å². The lowest BCUT2D eigenvalue weighted by molar-refractivity contribution is 0.0952. The highest BCUT2D eigenvalue weighted by Crippen LogP contribution is 2.19. The fourth-order valence-corrected chi connectivity index (χ4v) is 2.75. The minimum absolute atomic E-state index is 0.0155. The number of aromatic nitrogens is 2. The monoisotopic (exact) mass is 396 g/mol. The molecule has 2 aromatic carbocycles. The summed E-state index contributed by atoms with van der Waals surface area (Å²) in [5.74, 6) is -1.29. The van der Waals surface area contributed by atoms with Crippen LogP contribution in [-0.4, -0.2) is 31.9 Å². The highest BCUT2D eigenvalue weighted by atomic mass is 32.1. The Kier molecular flexibility index (Phi) is 5.37. The summed E-state index contributed by atoms with van der Waals surface area (Å²) < 4.78 is 1.30. The third-order valence-electron chi connectivity index (χ3n) is 3.92. The molecule has 3 rings (SSSR count). The van der Waals surface area contributed by atoms with Crippen molar-refractivity contribution in [1.29, 1.82) is 0 Å². The summed E-state index contributed by atoms with van der Waals surface area (Å²) in [5, 5.41) is 23.9. The van der Waals surface area contributed by atoms with Crippen molar-refractivity contribution in [2.24, 2.45) is 5.10 Å². The fraction of sp³-hybridized carbons (Fsp3) is 0.0526. The average molecular weight is 396 g/mol. The number of carbonyl (C=O) groups excluding carboxylic acids is 1. The van der Waals surface area contributed by atoms with Crippen molar-refractivity contribution in [3.8, 4) is 17.3 Å². The molecule has 0 saturated carbocycles. The first kappa shape index (κ1) is 19.1. The molecular formula is C19H16N4O4S. The molecule has 0 fully saturated rings. The summed E-state index contributed by atoms with van der Waals surface area (Å²) in [6.45, 7) is 1.92. The summed E-state index contributed by atoms with van der Waals surface area (Å²) in [4.78, 5) is 26.7. The second-order valence-corrected chi connectivity index (χ2v) is 6.27. The van der Waals surface area contributed by atoms with Gasteiger partial charge in [-0.15, -0.1) is 0 Å². The molecule has 0 spiro atoms. The van der Waals surface area contributed by atoms with Crippen LogP contribution in [0, 0.1) is 11.7 Å². The second kappa shape index (κ2) is 7.89. The lowest BCUT2D eigenvalue weighted by atomic mass is 10.2. The first-order valence-corrected chi connectivity index (χ1v) is 8.56. The number of rotatable bonds is 4. The van der Waals surface area contributed by atoms with Crippen molar-refractivity contribution >= 4 is 24.3 Å². The number of nitrogens with one attached hydrogen (secondary N) is 2. The molecule has 3 aromatic rings. The Morgan fingerprint density at radius 1 is 1.18 bits per heavy atom. The predicted octanol–water partition coefficient (Wildman–Crippen LogP) is 2.38. The number of aromatic amines is 1. The van der Waals surface area contributed by atoms with E-state index in [-0.39, 0.29) is 21.6 Å². The Morgan fingerprint density at radius 2 is 1.86 bits per heavy atom. The number of carbonyl (C=O) groups is 1. The molecule has 0 bridgehead atoms. The second-order valence-electron chi connectivity index (χ2n) is 5.88. The SMILES string of the molecule is Cc1ccc(-n2c(O)c(/C=N/NC(=O)c3ccccc3O)c(=O)[nH]c2=S)cc1. The van der Waals surface area contributed by atoms with Crippen LogP contribution in [0.25, 0.3) is 5.69 Å². The molecule has 0 atom stereocenters. The summed E-state index contributed by atoms with van der Waals surface area (Å²) in [6, 6.07) is 13.1. The number of phenols is 1. The molecule has 8 nitrogen and oxygen atoms in total. The van der Waals surface area contributed by atoms with Crippen LogP contribution in [0.4, 0.5) is 0 Å². The summed E-state index contributed by atoms with van der Waals surface area (Å²) >= 11 is 5.14. The van der Waals surface area contributed by atoms with E-state index < -0.39 is 17.3 Å². The molecule has 0 aliphatic carbocycles. The van der Waals surface area contributed by atoms with Crippen molar-refractivity contribution in [3.63, 3.8) is 0 Å². The third-order valence-corrected chi connectivity index (χ3v) is 4.21. The van der Waals surface area contributed by atoms with E-state index in [0.717, 1.165) is 11.8 Å². The topological polar surface area (TPSA) is 120 Å². The highest BCUT2D eigenvalue weighted by Gasteiger charge is 2.13. The van der Waals surface area contributed by atoms with Gasteiger partial charge in [-0.05, 0) is 43.4 Å². The van der Waals surface area contributed by atoms with Gasteiger partial charge in [-0.3, -0.25) is 19.1 Å². The number of amides is 1. The van der Waals surface area contributed by atoms with E-state index in [1.54, 1.807) is 24.3 Å². The molecule has 0 saturated heterocycles. The number of hydrazone groups is 1. The Morgan fingerprint density at radius 3 is 2.54 bits per heavy atom. The van der Waals surface area contributed by atoms with Crippen molar-refractivity contribution in [2.75, 3.05) is 0 Å². The maximum Gasteiger partial charge on any atom is 0.275 e. The Hall–Kier alpha value is -3.72. The van der Waals surface area contributed by atoms with Gasteiger partial charge in [-0.1, -0.05) is 29.8 Å². The van der Waals surface area contributed by atoms with Crippen LogP contribution in [0.1, 0.15) is 21.5 Å². The zero-order valence-corrected chi connectivity index (χ0v) is 15.5. The standard InChI is InChI=1S/C19H16N4O4S/c1-11-6-8-12(9-7-11)23-18(27)14(16(25)21-19(23)28)10-20-22-17(26)13-4-2-3-5-15(13)24/h2-10,24,27H,1H3,(H,22,26)(H,21,25,28)/b20-10+. The third kappa shape index (κ3) is 3.84. The van der Waals surface area contributed by atoms with Crippen molar-refractivity contribution in [3.05, 3.63) is 80.3 Å². The summed E-state index contributed by atoms with van der Waals surface area (Å²) in [5.41, 5.74) is 2.94. The fourth-order valence-electron chi connectivity index (χ4n) is 2.47. The van der Waals surface area contributed by atoms with Crippen LogP contribution in [0.15, 0.2) is 58.4 Å². The van der Waals surface area contributed by atoms with Crippen LogP contribution in [0.5, 0.6) is 11.6 Å². The van der Waals surface area contributed by atoms with E-state index in [4.69, 9.17) is 12.2 Å². The van der Waals surface area contributed by atoms with Gasteiger partial charge in [0.2, 0.25) is 5.88 Å². The van der Waals surface area contributed by atoms with Gasteiger partial charge in [0.15, 0.2) is 4.77 Å². The first-order chi connectivity index (χ1) is 13.4. The molecule has 1 amide bonds. The molecule has 0 unspecified atom stereocenters. The van der Waals surface area contributed by atoms with Gasteiger partial charge in [0.25, 0.3) is 11.5 Å². The van der Waals surface area contributed by atoms with E-state index in [9.17, 15) is 19.8 Å². The quantitative estimate of drug-likeness (QED) is 0.307. The van der Waals surface area contributed by atoms with Gasteiger partial charge in [-0.2, -0.15) is 5.10 Å². The maximum absolute atomic E-state index is 12.2. The normalized spacial score (nSPS) is 10.9. The average Bonchev–Trinajstić information content (AvgIpc) is 2.66. The smallest absolute Gasteiger partial charge is 0.275 e. The van der Waals surface area contributed by atoms with Gasteiger partial charge in [0, 0.05) is 0 Å². The van der Waals surface area contributed by atoms with Crippen molar-refractivity contribution < 1.29 is 15.0 Å². The predicted molar refractivity (Wildman–Crippen MR) is 107 cm³/mol. The zero-order chi connectivity index (χ0) is 20.3. The molecule has 1 heterocycles. The molecule has 28 heavy (non-hydrogen) atoms. The molecule has 9 heteroatoms. The highest BCUT2D eigenvalue weighted by molar-refractivity contribution is 7.71. The molecule has 0 radical (unpaired) electrons. The first-order valence-electron chi connectivity index (χ1n) is 8.15. The number of H-pyrrole nitrogens is 1. The number of nitrogens with zero attached hydrogens (tertiary/aromatic N) is 2. The number of phenolic OH excluding ortho intramolecular Hbond substituents is 1. The van der Waals surface area contributed by atoms with Crippen LogP contribution in [0.2, 0.25) is 0 Å². The van der Waals surface area contributed by atoms with Crippen LogP contribution in [0.3, 0.4) is 0 Å².